The molecule has 48 heavy (non-hydrogen) atoms. The lowest BCUT2D eigenvalue weighted by Gasteiger charge is -2.29. The first-order valence-corrected chi connectivity index (χ1v) is 17.0. The molecular weight excluding hydrogens is 583 g/mol. The van der Waals surface area contributed by atoms with Gasteiger partial charge in [0.1, 0.15) is 11.2 Å². The summed E-state index contributed by atoms with van der Waals surface area (Å²) in [6, 6.07) is 51.0. The van der Waals surface area contributed by atoms with Gasteiger partial charge < -0.3 is 9.32 Å². The summed E-state index contributed by atoms with van der Waals surface area (Å²) in [6.07, 6.45) is 0. The van der Waals surface area contributed by atoms with E-state index in [1.807, 2.05) is 0 Å². The van der Waals surface area contributed by atoms with E-state index in [2.05, 4.69) is 172 Å². The molecule has 0 unspecified atom stereocenters. The van der Waals surface area contributed by atoms with Crippen LogP contribution < -0.4 is 4.90 Å². The van der Waals surface area contributed by atoms with Crippen molar-refractivity contribution in [2.45, 2.75) is 38.5 Å². The quantitative estimate of drug-likeness (QED) is 0.196. The maximum Gasteiger partial charge on any atom is 0.145 e. The first-order chi connectivity index (χ1) is 23.4. The van der Waals surface area contributed by atoms with E-state index in [4.69, 9.17) is 4.42 Å². The van der Waals surface area contributed by atoms with Crippen molar-refractivity contribution in [3.63, 3.8) is 0 Å². The van der Waals surface area contributed by atoms with Gasteiger partial charge in [-0.2, -0.15) is 0 Å². The fourth-order valence-corrected chi connectivity index (χ4v) is 9.02. The molecule has 0 atom stereocenters. The van der Waals surface area contributed by atoms with Gasteiger partial charge in [-0.1, -0.05) is 131 Å². The highest BCUT2D eigenvalue weighted by atomic mass is 16.3. The Hall–Kier alpha value is -5.60. The Kier molecular flexibility index (Phi) is 5.44. The van der Waals surface area contributed by atoms with Crippen molar-refractivity contribution < 1.29 is 4.42 Å². The summed E-state index contributed by atoms with van der Waals surface area (Å²) in [7, 11) is 0. The van der Waals surface area contributed by atoms with E-state index in [1.165, 1.54) is 60.7 Å². The minimum atomic E-state index is -0.180. The highest BCUT2D eigenvalue weighted by molar-refractivity contribution is 6.26. The Morgan fingerprint density at radius 2 is 1.12 bits per heavy atom. The van der Waals surface area contributed by atoms with Crippen LogP contribution in [-0.2, 0) is 10.8 Å². The number of furan rings is 1. The Bertz CT molecular complexity index is 2620. The summed E-state index contributed by atoms with van der Waals surface area (Å²) in [5, 5.41) is 4.76. The highest BCUT2D eigenvalue weighted by Crippen LogP contribution is 2.58. The van der Waals surface area contributed by atoms with Crippen LogP contribution in [0.3, 0.4) is 0 Å². The second-order valence-corrected chi connectivity index (χ2v) is 14.5. The molecule has 1 aromatic heterocycles. The first-order valence-electron chi connectivity index (χ1n) is 17.0. The van der Waals surface area contributed by atoms with E-state index in [9.17, 15) is 0 Å². The zero-order valence-electron chi connectivity index (χ0n) is 27.6. The second-order valence-electron chi connectivity index (χ2n) is 14.5. The van der Waals surface area contributed by atoms with Crippen LogP contribution in [0.25, 0.3) is 55.0 Å². The third-order valence-electron chi connectivity index (χ3n) is 11.2. The first kappa shape index (κ1) is 27.5. The molecule has 0 fully saturated rings. The normalized spacial score (nSPS) is 15.0. The molecule has 8 aromatic rings. The van der Waals surface area contributed by atoms with Crippen LogP contribution in [0.15, 0.2) is 144 Å². The van der Waals surface area contributed by atoms with Gasteiger partial charge in [0.05, 0.1) is 5.69 Å². The van der Waals surface area contributed by atoms with Crippen molar-refractivity contribution in [3.05, 3.63) is 162 Å². The molecule has 1 heterocycles. The molecule has 0 N–H and O–H groups in total. The minimum Gasteiger partial charge on any atom is -0.455 e. The van der Waals surface area contributed by atoms with E-state index in [0.29, 0.717) is 0 Å². The smallest absolute Gasteiger partial charge is 0.145 e. The number of hydrogen-bond donors (Lipinski definition) is 0. The molecule has 2 heteroatoms. The monoisotopic (exact) mass is 617 g/mol. The largest absolute Gasteiger partial charge is 0.455 e. The van der Waals surface area contributed by atoms with E-state index in [0.717, 1.165) is 33.6 Å². The van der Waals surface area contributed by atoms with E-state index in [1.54, 1.807) is 0 Å². The molecule has 7 aromatic carbocycles. The Morgan fingerprint density at radius 3 is 1.94 bits per heavy atom. The fourth-order valence-electron chi connectivity index (χ4n) is 9.02. The summed E-state index contributed by atoms with van der Waals surface area (Å²) >= 11 is 0. The zero-order valence-corrected chi connectivity index (χ0v) is 27.6. The molecule has 2 aliphatic rings. The van der Waals surface area contributed by atoms with Gasteiger partial charge in [0.25, 0.3) is 0 Å². The summed E-state index contributed by atoms with van der Waals surface area (Å²) < 4.78 is 6.97. The Balaban J connectivity index is 1.34. The third kappa shape index (κ3) is 3.47. The van der Waals surface area contributed by atoms with Crippen LogP contribution >= 0.6 is 0 Å². The molecule has 0 radical (unpaired) electrons. The lowest BCUT2D eigenvalue weighted by atomic mass is 9.79. The van der Waals surface area contributed by atoms with E-state index in [-0.39, 0.29) is 10.8 Å². The third-order valence-corrected chi connectivity index (χ3v) is 11.2. The van der Waals surface area contributed by atoms with Gasteiger partial charge in [-0.25, -0.2) is 0 Å². The number of nitrogens with zero attached hydrogens (tertiary/aromatic N) is 1. The number of rotatable bonds is 3. The average Bonchev–Trinajstić information content (AvgIpc) is 3.69. The van der Waals surface area contributed by atoms with Gasteiger partial charge in [0.2, 0.25) is 0 Å². The predicted molar refractivity (Wildman–Crippen MR) is 201 cm³/mol. The van der Waals surface area contributed by atoms with Crippen LogP contribution in [-0.4, -0.2) is 0 Å². The van der Waals surface area contributed by atoms with Crippen LogP contribution in [0.2, 0.25) is 0 Å². The van der Waals surface area contributed by atoms with Gasteiger partial charge in [-0.15, -0.1) is 0 Å². The van der Waals surface area contributed by atoms with Crippen molar-refractivity contribution in [2.24, 2.45) is 0 Å². The number of fused-ring (bicyclic) bond motifs is 13. The standard InChI is InChI=1S/C46H35NO/c1-45(2)35-21-11-8-17-30(35)31-26-25-29(27-37(31)45)47(28-15-6-5-7-16-28)38-23-14-20-34-40-32-18-9-12-22-36(32)46(3,4)43(40)42-33-19-10-13-24-39(33)48-44(42)41(34)38/h5-27H,1-4H3. The van der Waals surface area contributed by atoms with Crippen molar-refractivity contribution in [1.82, 2.24) is 0 Å². The topological polar surface area (TPSA) is 16.4 Å². The molecule has 230 valence electrons. The summed E-state index contributed by atoms with van der Waals surface area (Å²) in [5.41, 5.74) is 15.7. The summed E-state index contributed by atoms with van der Waals surface area (Å²) in [5.74, 6) is 0. The zero-order chi connectivity index (χ0) is 32.4. The summed E-state index contributed by atoms with van der Waals surface area (Å²) in [6.45, 7) is 9.45. The highest BCUT2D eigenvalue weighted by Gasteiger charge is 2.41. The van der Waals surface area contributed by atoms with Crippen LogP contribution in [0.1, 0.15) is 49.9 Å². The van der Waals surface area contributed by atoms with Crippen LogP contribution in [0, 0.1) is 0 Å². The number of para-hydroxylation sites is 2. The predicted octanol–water partition coefficient (Wildman–Crippen LogP) is 12.8. The second kappa shape index (κ2) is 9.49. The number of benzene rings is 7. The lowest BCUT2D eigenvalue weighted by Crippen LogP contribution is -2.17. The maximum atomic E-state index is 6.97. The van der Waals surface area contributed by atoms with Crippen molar-refractivity contribution >= 4 is 49.8 Å². The van der Waals surface area contributed by atoms with Gasteiger partial charge in [0.15, 0.2) is 0 Å². The van der Waals surface area contributed by atoms with Gasteiger partial charge in [-0.3, -0.25) is 0 Å². The Labute approximate surface area is 280 Å². The average molecular weight is 618 g/mol. The van der Waals surface area contributed by atoms with Gasteiger partial charge >= 0.3 is 0 Å². The number of anilines is 3. The molecule has 0 spiro atoms. The number of hydrogen-bond acceptors (Lipinski definition) is 2. The molecule has 2 aliphatic carbocycles. The van der Waals surface area contributed by atoms with Gasteiger partial charge in [0, 0.05) is 38.4 Å². The fraction of sp³-hybridized carbons (Fsp3) is 0.130. The molecule has 0 aliphatic heterocycles. The lowest BCUT2D eigenvalue weighted by molar-refractivity contribution is 0.659. The maximum absolute atomic E-state index is 6.97. The Morgan fingerprint density at radius 1 is 0.479 bits per heavy atom. The summed E-state index contributed by atoms with van der Waals surface area (Å²) in [4.78, 5) is 2.44. The molecular formula is C46H35NO. The molecule has 0 amide bonds. The minimum absolute atomic E-state index is 0.106. The van der Waals surface area contributed by atoms with Crippen LogP contribution in [0.5, 0.6) is 0 Å². The van der Waals surface area contributed by atoms with Crippen LogP contribution in [0.4, 0.5) is 17.1 Å². The molecule has 0 bridgehead atoms. The molecule has 0 saturated heterocycles. The van der Waals surface area contributed by atoms with E-state index >= 15 is 0 Å². The molecule has 0 saturated carbocycles. The van der Waals surface area contributed by atoms with E-state index < -0.39 is 0 Å². The molecule has 2 nitrogen and oxygen atoms in total. The van der Waals surface area contributed by atoms with Crippen molar-refractivity contribution in [2.75, 3.05) is 4.90 Å². The van der Waals surface area contributed by atoms with Crippen molar-refractivity contribution in [1.29, 1.82) is 0 Å². The van der Waals surface area contributed by atoms with Gasteiger partial charge in [-0.05, 0) is 86.3 Å². The SMILES string of the molecule is CC1(C)c2ccccc2-c2ccc(N(c3ccccc3)c3cccc4c5c(c6c7ccccc7oc6c34)C(C)(C)c3ccccc3-5)cc21. The van der Waals surface area contributed by atoms with Crippen molar-refractivity contribution in [3.8, 4) is 22.3 Å². The molecule has 10 rings (SSSR count).